The van der Waals surface area contributed by atoms with Crippen LogP contribution in [0.2, 0.25) is 0 Å². The van der Waals surface area contributed by atoms with Gasteiger partial charge in [-0.05, 0) is 26.0 Å². The first-order valence-corrected chi connectivity index (χ1v) is 8.79. The lowest BCUT2D eigenvalue weighted by molar-refractivity contribution is 0.290. The third-order valence-corrected chi connectivity index (χ3v) is 6.00. The van der Waals surface area contributed by atoms with Gasteiger partial charge in [0, 0.05) is 35.2 Å². The van der Waals surface area contributed by atoms with E-state index >= 15 is 0 Å². The Labute approximate surface area is 128 Å². The Morgan fingerprint density at radius 2 is 2.15 bits per heavy atom. The zero-order valence-corrected chi connectivity index (χ0v) is 14.0. The smallest absolute Gasteiger partial charge is 0.216 e. The summed E-state index contributed by atoms with van der Waals surface area (Å²) in [6.07, 6.45) is 0. The maximum atomic E-state index is 12.3. The van der Waals surface area contributed by atoms with E-state index in [2.05, 4.69) is 15.9 Å². The second-order valence-corrected chi connectivity index (χ2v) is 8.44. The van der Waals surface area contributed by atoms with Crippen LogP contribution in [-0.4, -0.2) is 31.1 Å². The monoisotopic (exact) mass is 362 g/mol. The average Bonchev–Trinajstić information content (AvgIpc) is 2.59. The summed E-state index contributed by atoms with van der Waals surface area (Å²) in [5.41, 5.74) is 7.47. The van der Waals surface area contributed by atoms with Crippen LogP contribution in [0.3, 0.4) is 0 Å². The number of fused-ring (bicyclic) bond motifs is 1. The molecule has 2 N–H and O–H groups in total. The third-order valence-electron chi connectivity index (χ3n) is 3.32. The molecule has 20 heavy (non-hydrogen) atoms. The Balaban J connectivity index is 2.43. The number of hydrogen-bond donors (Lipinski definition) is 1. The molecule has 0 aromatic heterocycles. The van der Waals surface area contributed by atoms with Crippen molar-refractivity contribution in [2.24, 2.45) is 5.73 Å². The molecule has 0 radical (unpaired) electrons. The van der Waals surface area contributed by atoms with Gasteiger partial charge < -0.3 is 10.5 Å². The predicted molar refractivity (Wildman–Crippen MR) is 82.0 cm³/mol. The van der Waals surface area contributed by atoms with Crippen molar-refractivity contribution in [1.82, 2.24) is 4.31 Å². The number of ether oxygens (including phenoxy) is 1. The maximum Gasteiger partial charge on any atom is 0.216 e. The van der Waals surface area contributed by atoms with Crippen LogP contribution in [0.25, 0.3) is 0 Å². The minimum Gasteiger partial charge on any atom is -0.492 e. The van der Waals surface area contributed by atoms with Crippen LogP contribution in [0.4, 0.5) is 0 Å². The summed E-state index contributed by atoms with van der Waals surface area (Å²) in [5, 5.41) is -0.440. The molecule has 0 fully saturated rings. The van der Waals surface area contributed by atoms with Gasteiger partial charge in [0.25, 0.3) is 0 Å². The summed E-state index contributed by atoms with van der Waals surface area (Å²) in [7, 11) is -3.29. The van der Waals surface area contributed by atoms with E-state index in [1.54, 1.807) is 13.8 Å². The molecule has 1 aliphatic heterocycles. The molecule has 0 amide bonds. The second kappa shape index (κ2) is 6.01. The quantitative estimate of drug-likeness (QED) is 0.890. The Kier molecular flexibility index (Phi) is 4.73. The summed E-state index contributed by atoms with van der Waals surface area (Å²) in [4.78, 5) is 0. The van der Waals surface area contributed by atoms with Crippen molar-refractivity contribution in [3.05, 3.63) is 27.7 Å². The zero-order valence-electron chi connectivity index (χ0n) is 11.6. The summed E-state index contributed by atoms with van der Waals surface area (Å²) in [5.74, 6) is 0.720. The highest BCUT2D eigenvalue weighted by molar-refractivity contribution is 9.10. The topological polar surface area (TPSA) is 72.6 Å². The molecule has 0 spiro atoms. The number of rotatable bonds is 3. The number of halogens is 1. The molecular weight excluding hydrogens is 344 g/mol. The normalized spacial score (nSPS) is 16.6. The highest BCUT2D eigenvalue weighted by Crippen LogP contribution is 2.32. The molecule has 7 heteroatoms. The van der Waals surface area contributed by atoms with Crippen molar-refractivity contribution in [2.75, 3.05) is 13.2 Å². The molecule has 5 nitrogen and oxygen atoms in total. The van der Waals surface area contributed by atoms with E-state index < -0.39 is 15.3 Å². The van der Waals surface area contributed by atoms with Crippen LogP contribution in [-0.2, 0) is 23.1 Å². The molecular formula is C13H19BrN2O3S. The third kappa shape index (κ3) is 3.00. The molecule has 0 saturated heterocycles. The van der Waals surface area contributed by atoms with Gasteiger partial charge in [-0.15, -0.1) is 0 Å². The Morgan fingerprint density at radius 3 is 2.75 bits per heavy atom. The van der Waals surface area contributed by atoms with Gasteiger partial charge in [0.15, 0.2) is 0 Å². The van der Waals surface area contributed by atoms with Crippen LogP contribution in [0.15, 0.2) is 16.6 Å². The van der Waals surface area contributed by atoms with Crippen LogP contribution in [0, 0.1) is 0 Å². The minimum absolute atomic E-state index is 0.322. The average molecular weight is 363 g/mol. The van der Waals surface area contributed by atoms with Crippen molar-refractivity contribution < 1.29 is 13.2 Å². The van der Waals surface area contributed by atoms with Gasteiger partial charge in [-0.1, -0.05) is 15.9 Å². The van der Waals surface area contributed by atoms with Crippen LogP contribution < -0.4 is 10.5 Å². The number of sulfonamides is 1. The van der Waals surface area contributed by atoms with E-state index in [1.165, 1.54) is 4.31 Å². The van der Waals surface area contributed by atoms with Crippen molar-refractivity contribution in [3.63, 3.8) is 0 Å². The molecule has 112 valence electrons. The van der Waals surface area contributed by atoms with E-state index in [0.29, 0.717) is 26.2 Å². The zero-order chi connectivity index (χ0) is 14.9. The van der Waals surface area contributed by atoms with E-state index in [0.717, 1.165) is 21.3 Å². The highest BCUT2D eigenvalue weighted by Gasteiger charge is 2.29. The van der Waals surface area contributed by atoms with E-state index in [4.69, 9.17) is 10.5 Å². The molecule has 1 heterocycles. The van der Waals surface area contributed by atoms with Gasteiger partial charge in [0.05, 0.1) is 5.25 Å². The van der Waals surface area contributed by atoms with Crippen LogP contribution in [0.5, 0.6) is 5.75 Å². The Bertz CT molecular complexity index is 602. The van der Waals surface area contributed by atoms with E-state index in [1.807, 2.05) is 12.1 Å². The molecule has 0 atom stereocenters. The van der Waals surface area contributed by atoms with Gasteiger partial charge in [-0.25, -0.2) is 8.42 Å². The first-order valence-electron chi connectivity index (χ1n) is 6.49. The molecule has 0 saturated carbocycles. The van der Waals surface area contributed by atoms with Crippen LogP contribution in [0.1, 0.15) is 25.0 Å². The van der Waals surface area contributed by atoms with Gasteiger partial charge >= 0.3 is 0 Å². The molecule has 0 bridgehead atoms. The molecule has 0 aliphatic carbocycles. The van der Waals surface area contributed by atoms with E-state index in [9.17, 15) is 8.42 Å². The molecule has 0 unspecified atom stereocenters. The number of hydrogen-bond acceptors (Lipinski definition) is 4. The largest absolute Gasteiger partial charge is 0.492 e. The molecule has 2 rings (SSSR count). The van der Waals surface area contributed by atoms with Crippen molar-refractivity contribution >= 4 is 26.0 Å². The molecule has 1 aliphatic rings. The number of benzene rings is 1. The second-order valence-electron chi connectivity index (χ2n) is 5.03. The van der Waals surface area contributed by atoms with Crippen LogP contribution >= 0.6 is 15.9 Å². The van der Waals surface area contributed by atoms with Crippen molar-refractivity contribution in [1.29, 1.82) is 0 Å². The van der Waals surface area contributed by atoms with Gasteiger partial charge in [0.2, 0.25) is 10.0 Å². The number of nitrogens with two attached hydrogens (primary N) is 1. The summed E-state index contributed by atoms with van der Waals surface area (Å²) < 4.78 is 32.7. The highest BCUT2D eigenvalue weighted by atomic mass is 79.9. The molecule has 1 aromatic rings. The SMILES string of the molecule is CC(C)S(=O)(=O)N1CCOc2c(CN)cc(Br)cc2C1. The lowest BCUT2D eigenvalue weighted by Gasteiger charge is -2.22. The Hall–Kier alpha value is -0.630. The summed E-state index contributed by atoms with van der Waals surface area (Å²) in [6, 6.07) is 3.80. The summed E-state index contributed by atoms with van der Waals surface area (Å²) >= 11 is 3.43. The predicted octanol–water partition coefficient (Wildman–Crippen LogP) is 1.84. The standard InChI is InChI=1S/C13H19BrN2O3S/c1-9(2)20(17,18)16-3-4-19-13-10(7-15)5-12(14)6-11(13)8-16/h5-6,9H,3-4,7-8,15H2,1-2H3. The summed E-state index contributed by atoms with van der Waals surface area (Å²) in [6.45, 7) is 4.76. The maximum absolute atomic E-state index is 12.3. The minimum atomic E-state index is -3.29. The fourth-order valence-electron chi connectivity index (χ4n) is 2.20. The fraction of sp³-hybridized carbons (Fsp3) is 0.538. The lowest BCUT2D eigenvalue weighted by atomic mass is 10.1. The van der Waals surface area contributed by atoms with Crippen molar-refractivity contribution in [2.45, 2.75) is 32.2 Å². The number of nitrogens with zero attached hydrogens (tertiary/aromatic N) is 1. The molecule has 1 aromatic carbocycles. The van der Waals surface area contributed by atoms with Gasteiger partial charge in [0.1, 0.15) is 12.4 Å². The first-order chi connectivity index (χ1) is 9.36. The first kappa shape index (κ1) is 15.8. The van der Waals surface area contributed by atoms with Crippen molar-refractivity contribution in [3.8, 4) is 5.75 Å². The van der Waals surface area contributed by atoms with E-state index in [-0.39, 0.29) is 0 Å². The Morgan fingerprint density at radius 1 is 1.45 bits per heavy atom. The fourth-order valence-corrected chi connectivity index (χ4v) is 4.00. The lowest BCUT2D eigenvalue weighted by Crippen LogP contribution is -2.37. The van der Waals surface area contributed by atoms with Gasteiger partial charge in [-0.2, -0.15) is 4.31 Å². The van der Waals surface area contributed by atoms with Gasteiger partial charge in [-0.3, -0.25) is 0 Å².